The fourth-order valence-electron chi connectivity index (χ4n) is 1.60. The highest BCUT2D eigenvalue weighted by Crippen LogP contribution is 2.27. The minimum atomic E-state index is -0.880. The van der Waals surface area contributed by atoms with Gasteiger partial charge in [0.1, 0.15) is 11.2 Å². The van der Waals surface area contributed by atoms with Gasteiger partial charge in [0.15, 0.2) is 5.78 Å². The van der Waals surface area contributed by atoms with Gasteiger partial charge in [-0.3, -0.25) is 4.79 Å². The summed E-state index contributed by atoms with van der Waals surface area (Å²) in [5, 5.41) is -0.880. The summed E-state index contributed by atoms with van der Waals surface area (Å²) in [6.45, 7) is 0. The molecule has 0 aromatic heterocycles. The quantitative estimate of drug-likeness (QED) is 0.587. The molecular weight excluding hydrogens is 319 g/mol. The van der Waals surface area contributed by atoms with Crippen molar-refractivity contribution in [3.8, 4) is 0 Å². The molecule has 0 radical (unpaired) electrons. The Labute approximate surface area is 118 Å². The summed E-state index contributed by atoms with van der Waals surface area (Å²) in [5.41, 5.74) is 0.650. The number of ketones is 1. The Balaban J connectivity index is 2.34. The van der Waals surface area contributed by atoms with Gasteiger partial charge >= 0.3 is 0 Å². The Kier molecular flexibility index (Phi) is 4.15. The Bertz CT molecular complexity index is 571. The van der Waals surface area contributed by atoms with Crippen molar-refractivity contribution in [3.63, 3.8) is 0 Å². The van der Waals surface area contributed by atoms with Crippen molar-refractivity contribution in [3.05, 3.63) is 69.9 Å². The molecule has 0 heterocycles. The Hall–Kier alpha value is -1.19. The van der Waals surface area contributed by atoms with Crippen LogP contribution < -0.4 is 0 Å². The average molecular weight is 328 g/mol. The first-order valence-corrected chi connectivity index (χ1v) is 6.51. The lowest BCUT2D eigenvalue weighted by Gasteiger charge is -2.09. The highest BCUT2D eigenvalue weighted by molar-refractivity contribution is 9.10. The second-order valence-electron chi connectivity index (χ2n) is 3.76. The van der Waals surface area contributed by atoms with Crippen LogP contribution in [0.3, 0.4) is 0 Å². The van der Waals surface area contributed by atoms with Crippen LogP contribution >= 0.6 is 27.5 Å². The summed E-state index contributed by atoms with van der Waals surface area (Å²) in [6, 6.07) is 13.1. The first-order valence-electron chi connectivity index (χ1n) is 5.28. The second kappa shape index (κ2) is 5.63. The lowest BCUT2D eigenvalue weighted by molar-refractivity contribution is 0.0983. The fourth-order valence-corrected chi connectivity index (χ4v) is 2.22. The third-order valence-electron chi connectivity index (χ3n) is 2.52. The van der Waals surface area contributed by atoms with Gasteiger partial charge in [-0.1, -0.05) is 46.3 Å². The number of Topliss-reactive ketones (excluding diaryl/α,β-unsaturated/α-hetero) is 1. The van der Waals surface area contributed by atoms with Crippen molar-refractivity contribution in [1.29, 1.82) is 0 Å². The Morgan fingerprint density at radius 2 is 1.83 bits per heavy atom. The van der Waals surface area contributed by atoms with E-state index in [9.17, 15) is 9.18 Å². The van der Waals surface area contributed by atoms with Crippen LogP contribution in [-0.4, -0.2) is 5.78 Å². The zero-order chi connectivity index (χ0) is 13.1. The molecule has 0 aliphatic rings. The molecule has 0 aliphatic heterocycles. The number of hydrogen-bond acceptors (Lipinski definition) is 1. The standard InChI is InChI=1S/C14H9BrClFO/c15-10-6-7-12(17)11(8-10)14(18)13(16)9-4-2-1-3-5-9/h1-8,13H. The molecule has 0 fully saturated rings. The zero-order valence-electron chi connectivity index (χ0n) is 9.24. The van der Waals surface area contributed by atoms with Crippen LogP contribution in [0.15, 0.2) is 53.0 Å². The molecule has 0 bridgehead atoms. The van der Waals surface area contributed by atoms with Gasteiger partial charge in [-0.25, -0.2) is 4.39 Å². The van der Waals surface area contributed by atoms with E-state index in [2.05, 4.69) is 15.9 Å². The third-order valence-corrected chi connectivity index (χ3v) is 3.46. The predicted molar refractivity (Wildman–Crippen MR) is 73.5 cm³/mol. The van der Waals surface area contributed by atoms with E-state index in [1.165, 1.54) is 18.2 Å². The van der Waals surface area contributed by atoms with Crippen LogP contribution in [0, 0.1) is 5.82 Å². The van der Waals surface area contributed by atoms with E-state index in [0.29, 0.717) is 10.0 Å². The average Bonchev–Trinajstić information content (AvgIpc) is 2.41. The van der Waals surface area contributed by atoms with Crippen LogP contribution in [0.2, 0.25) is 0 Å². The molecule has 0 N–H and O–H groups in total. The van der Waals surface area contributed by atoms with E-state index in [1.807, 2.05) is 6.07 Å². The number of hydrogen-bond donors (Lipinski definition) is 0. The molecule has 1 unspecified atom stereocenters. The number of carbonyl (C=O) groups is 1. The maximum atomic E-state index is 13.6. The molecule has 2 rings (SSSR count). The Morgan fingerprint density at radius 3 is 2.50 bits per heavy atom. The number of rotatable bonds is 3. The summed E-state index contributed by atoms with van der Waals surface area (Å²) in [4.78, 5) is 12.1. The zero-order valence-corrected chi connectivity index (χ0v) is 11.6. The molecule has 0 aliphatic carbocycles. The fraction of sp³-hybridized carbons (Fsp3) is 0.0714. The molecule has 92 valence electrons. The van der Waals surface area contributed by atoms with Crippen molar-refractivity contribution < 1.29 is 9.18 Å². The van der Waals surface area contributed by atoms with Gasteiger partial charge < -0.3 is 0 Å². The molecule has 0 saturated heterocycles. The first kappa shape index (κ1) is 13.2. The SMILES string of the molecule is O=C(c1cc(Br)ccc1F)C(Cl)c1ccccc1. The van der Waals surface area contributed by atoms with Crippen molar-refractivity contribution in [2.45, 2.75) is 5.38 Å². The molecule has 2 aromatic rings. The Morgan fingerprint density at radius 1 is 1.17 bits per heavy atom. The van der Waals surface area contributed by atoms with Crippen molar-refractivity contribution >= 4 is 33.3 Å². The molecule has 2 aromatic carbocycles. The van der Waals surface area contributed by atoms with Gasteiger partial charge in [-0.2, -0.15) is 0 Å². The van der Waals surface area contributed by atoms with Crippen LogP contribution in [0.25, 0.3) is 0 Å². The van der Waals surface area contributed by atoms with Crippen LogP contribution in [0.4, 0.5) is 4.39 Å². The summed E-state index contributed by atoms with van der Waals surface area (Å²) < 4.78 is 14.2. The summed E-state index contributed by atoms with van der Waals surface area (Å²) in [6.07, 6.45) is 0. The van der Waals surface area contributed by atoms with E-state index < -0.39 is 17.0 Å². The molecule has 0 amide bonds. The maximum absolute atomic E-state index is 13.6. The smallest absolute Gasteiger partial charge is 0.188 e. The van der Waals surface area contributed by atoms with Crippen LogP contribution in [0.1, 0.15) is 21.3 Å². The third kappa shape index (κ3) is 2.79. The second-order valence-corrected chi connectivity index (χ2v) is 5.11. The van der Waals surface area contributed by atoms with E-state index in [-0.39, 0.29) is 5.56 Å². The minimum absolute atomic E-state index is 0.00627. The van der Waals surface area contributed by atoms with Gasteiger partial charge in [0, 0.05) is 4.47 Å². The van der Waals surface area contributed by atoms with E-state index in [0.717, 1.165) is 0 Å². The number of alkyl halides is 1. The first-order chi connectivity index (χ1) is 8.59. The normalized spacial score (nSPS) is 12.2. The molecule has 4 heteroatoms. The van der Waals surface area contributed by atoms with Gasteiger partial charge in [-0.15, -0.1) is 11.6 Å². The predicted octanol–water partition coefficient (Wildman–Crippen LogP) is 4.75. The number of carbonyl (C=O) groups excluding carboxylic acids is 1. The van der Waals surface area contributed by atoms with Crippen LogP contribution in [-0.2, 0) is 0 Å². The lowest BCUT2D eigenvalue weighted by atomic mass is 10.0. The monoisotopic (exact) mass is 326 g/mol. The largest absolute Gasteiger partial charge is 0.292 e. The lowest BCUT2D eigenvalue weighted by Crippen LogP contribution is -2.09. The topological polar surface area (TPSA) is 17.1 Å². The maximum Gasteiger partial charge on any atom is 0.188 e. The molecule has 0 saturated carbocycles. The van der Waals surface area contributed by atoms with Gasteiger partial charge in [-0.05, 0) is 23.8 Å². The number of halogens is 3. The van der Waals surface area contributed by atoms with E-state index in [4.69, 9.17) is 11.6 Å². The van der Waals surface area contributed by atoms with Crippen LogP contribution in [0.5, 0.6) is 0 Å². The number of benzene rings is 2. The van der Waals surface area contributed by atoms with E-state index >= 15 is 0 Å². The van der Waals surface area contributed by atoms with E-state index in [1.54, 1.807) is 24.3 Å². The molecule has 1 atom stereocenters. The summed E-state index contributed by atoms with van der Waals surface area (Å²) in [7, 11) is 0. The minimum Gasteiger partial charge on any atom is -0.292 e. The van der Waals surface area contributed by atoms with Crippen molar-refractivity contribution in [1.82, 2.24) is 0 Å². The summed E-state index contributed by atoms with van der Waals surface area (Å²) in [5.74, 6) is -1.01. The van der Waals surface area contributed by atoms with Gasteiger partial charge in [0.25, 0.3) is 0 Å². The van der Waals surface area contributed by atoms with Gasteiger partial charge in [0.05, 0.1) is 5.56 Å². The molecule has 18 heavy (non-hydrogen) atoms. The molecule has 0 spiro atoms. The van der Waals surface area contributed by atoms with Crippen molar-refractivity contribution in [2.24, 2.45) is 0 Å². The van der Waals surface area contributed by atoms with Gasteiger partial charge in [0.2, 0.25) is 0 Å². The highest BCUT2D eigenvalue weighted by atomic mass is 79.9. The summed E-state index contributed by atoms with van der Waals surface area (Å²) >= 11 is 9.29. The molecular formula is C14H9BrClFO. The highest BCUT2D eigenvalue weighted by Gasteiger charge is 2.22. The van der Waals surface area contributed by atoms with Crippen molar-refractivity contribution in [2.75, 3.05) is 0 Å². The molecule has 1 nitrogen and oxygen atoms in total.